The van der Waals surface area contributed by atoms with Gasteiger partial charge in [-0.3, -0.25) is 4.79 Å². The largest absolute Gasteiger partial charge is 0.350 e. The Labute approximate surface area is 181 Å². The Morgan fingerprint density at radius 3 is 2.38 bits per heavy atom. The van der Waals surface area contributed by atoms with Crippen molar-refractivity contribution in [2.45, 2.75) is 50.0 Å². The zero-order valence-corrected chi connectivity index (χ0v) is 19.0. The van der Waals surface area contributed by atoms with Crippen LogP contribution in [0.4, 0.5) is 0 Å². The molecule has 3 rings (SSSR count). The summed E-state index contributed by atoms with van der Waals surface area (Å²) in [5.41, 5.74) is 1.99. The molecule has 0 aliphatic carbocycles. The van der Waals surface area contributed by atoms with Crippen LogP contribution in [0.2, 0.25) is 0 Å². The number of nitrogens with zero attached hydrogens (tertiary/aromatic N) is 1. The van der Waals surface area contributed by atoms with E-state index in [2.05, 4.69) is 21.2 Å². The number of amides is 1. The molecule has 0 saturated carbocycles. The van der Waals surface area contributed by atoms with Crippen molar-refractivity contribution in [2.75, 3.05) is 13.1 Å². The molecule has 1 amide bonds. The van der Waals surface area contributed by atoms with Gasteiger partial charge in [-0.05, 0) is 55.5 Å². The van der Waals surface area contributed by atoms with Crippen molar-refractivity contribution < 1.29 is 13.2 Å². The molecule has 1 aliphatic heterocycles. The second-order valence-corrected chi connectivity index (χ2v) is 10.2. The number of hydrogen-bond acceptors (Lipinski definition) is 3. The first kappa shape index (κ1) is 22.0. The molecular weight excluding hydrogens is 452 g/mol. The van der Waals surface area contributed by atoms with Gasteiger partial charge in [0.25, 0.3) is 0 Å². The Morgan fingerprint density at radius 2 is 1.72 bits per heavy atom. The summed E-state index contributed by atoms with van der Waals surface area (Å²) in [6, 6.07) is 14.7. The Morgan fingerprint density at radius 1 is 1.07 bits per heavy atom. The van der Waals surface area contributed by atoms with Crippen molar-refractivity contribution in [1.29, 1.82) is 0 Å². The maximum atomic E-state index is 12.7. The minimum atomic E-state index is -3.41. The van der Waals surface area contributed by atoms with E-state index in [0.717, 1.165) is 34.9 Å². The quantitative estimate of drug-likeness (QED) is 0.639. The summed E-state index contributed by atoms with van der Waals surface area (Å²) in [6.07, 6.45) is 3.85. The molecule has 7 heteroatoms. The van der Waals surface area contributed by atoms with Crippen LogP contribution >= 0.6 is 15.9 Å². The zero-order valence-electron chi connectivity index (χ0n) is 16.6. The van der Waals surface area contributed by atoms with E-state index < -0.39 is 10.0 Å². The van der Waals surface area contributed by atoms with Gasteiger partial charge in [-0.25, -0.2) is 8.42 Å². The molecule has 0 bridgehead atoms. The van der Waals surface area contributed by atoms with Gasteiger partial charge in [-0.1, -0.05) is 52.7 Å². The number of rotatable bonds is 7. The van der Waals surface area contributed by atoms with Gasteiger partial charge in [0.1, 0.15) is 0 Å². The molecule has 1 heterocycles. The van der Waals surface area contributed by atoms with Gasteiger partial charge in [0.15, 0.2) is 0 Å². The molecule has 1 atom stereocenters. The molecular formula is C22H27BrN2O3S. The van der Waals surface area contributed by atoms with Crippen LogP contribution in [0.3, 0.4) is 0 Å². The molecule has 0 radical (unpaired) electrons. The average molecular weight is 479 g/mol. The van der Waals surface area contributed by atoms with Gasteiger partial charge >= 0.3 is 0 Å². The van der Waals surface area contributed by atoms with Crippen LogP contribution in [0.5, 0.6) is 0 Å². The van der Waals surface area contributed by atoms with Crippen molar-refractivity contribution in [1.82, 2.24) is 9.62 Å². The van der Waals surface area contributed by atoms with Crippen molar-refractivity contribution in [2.24, 2.45) is 0 Å². The lowest BCUT2D eigenvalue weighted by Gasteiger charge is -2.25. The third kappa shape index (κ3) is 5.68. The van der Waals surface area contributed by atoms with Crippen LogP contribution < -0.4 is 5.32 Å². The third-order valence-corrected chi connectivity index (χ3v) is 7.90. The highest BCUT2D eigenvalue weighted by Crippen LogP contribution is 2.23. The summed E-state index contributed by atoms with van der Waals surface area (Å²) in [5.74, 6) is -0.0294. The lowest BCUT2D eigenvalue weighted by Crippen LogP contribution is -2.35. The maximum Gasteiger partial charge on any atom is 0.243 e. The number of hydrogen-bond donors (Lipinski definition) is 1. The van der Waals surface area contributed by atoms with Crippen LogP contribution in [0, 0.1) is 0 Å². The van der Waals surface area contributed by atoms with E-state index in [1.54, 1.807) is 28.6 Å². The predicted octanol–water partition coefficient (Wildman–Crippen LogP) is 4.43. The molecule has 29 heavy (non-hydrogen) atoms. The molecule has 0 spiro atoms. The van der Waals surface area contributed by atoms with E-state index in [0.29, 0.717) is 30.8 Å². The molecule has 2 aromatic rings. The van der Waals surface area contributed by atoms with Crippen LogP contribution in [0.25, 0.3) is 0 Å². The molecule has 1 aliphatic rings. The monoisotopic (exact) mass is 478 g/mol. The van der Waals surface area contributed by atoms with Crippen LogP contribution in [0.15, 0.2) is 57.9 Å². The van der Waals surface area contributed by atoms with Gasteiger partial charge in [0.05, 0.1) is 10.9 Å². The lowest BCUT2D eigenvalue weighted by atomic mass is 10.1. The fraction of sp³-hybridized carbons (Fsp3) is 0.409. The normalized spacial score (nSPS) is 16.3. The number of carbonyl (C=O) groups is 1. The predicted molar refractivity (Wildman–Crippen MR) is 118 cm³/mol. The molecule has 0 aromatic heterocycles. The van der Waals surface area contributed by atoms with Crippen LogP contribution in [-0.2, 0) is 21.2 Å². The molecule has 1 saturated heterocycles. The number of halogens is 1. The van der Waals surface area contributed by atoms with E-state index in [1.807, 2.05) is 31.2 Å². The summed E-state index contributed by atoms with van der Waals surface area (Å²) < 4.78 is 28.0. The number of piperidine rings is 1. The molecule has 1 N–H and O–H groups in total. The Balaban J connectivity index is 1.54. The van der Waals surface area contributed by atoms with Gasteiger partial charge in [-0.2, -0.15) is 4.31 Å². The summed E-state index contributed by atoms with van der Waals surface area (Å²) in [7, 11) is -3.41. The van der Waals surface area contributed by atoms with E-state index in [9.17, 15) is 13.2 Å². The Kier molecular flexibility index (Phi) is 7.49. The summed E-state index contributed by atoms with van der Waals surface area (Å²) >= 11 is 3.51. The zero-order chi connectivity index (χ0) is 20.9. The van der Waals surface area contributed by atoms with Crippen LogP contribution in [-0.4, -0.2) is 31.7 Å². The number of aryl methyl sites for hydroxylation is 1. The fourth-order valence-corrected chi connectivity index (χ4v) is 5.70. The highest BCUT2D eigenvalue weighted by atomic mass is 79.9. The molecule has 156 valence electrons. The second kappa shape index (κ2) is 9.87. The second-order valence-electron chi connectivity index (χ2n) is 7.42. The maximum absolute atomic E-state index is 12.7. The fourth-order valence-electron chi connectivity index (χ4n) is 3.56. The standard InChI is InChI=1S/C22H27BrN2O3S/c1-17(20-7-3-4-8-21(20)23)24-22(26)14-11-18-9-12-19(13-10-18)29(27,28)25-15-5-2-6-16-25/h3-4,7-10,12-13,17H,2,5-6,11,14-16H2,1H3,(H,24,26). The topological polar surface area (TPSA) is 66.5 Å². The first-order valence-corrected chi connectivity index (χ1v) is 12.2. The highest BCUT2D eigenvalue weighted by molar-refractivity contribution is 9.10. The van der Waals surface area contributed by atoms with Crippen LogP contribution in [0.1, 0.15) is 49.8 Å². The van der Waals surface area contributed by atoms with E-state index >= 15 is 0 Å². The van der Waals surface area contributed by atoms with Gasteiger partial charge < -0.3 is 5.32 Å². The SMILES string of the molecule is CC(NC(=O)CCc1ccc(S(=O)(=O)N2CCCCC2)cc1)c1ccccc1Br. The van der Waals surface area contributed by atoms with Crippen molar-refractivity contribution >= 4 is 31.9 Å². The van der Waals surface area contributed by atoms with Crippen molar-refractivity contribution in [3.8, 4) is 0 Å². The number of sulfonamides is 1. The van der Waals surface area contributed by atoms with Crippen molar-refractivity contribution in [3.63, 3.8) is 0 Å². The minimum Gasteiger partial charge on any atom is -0.350 e. The number of benzene rings is 2. The first-order valence-electron chi connectivity index (χ1n) is 10.0. The van der Waals surface area contributed by atoms with E-state index in [-0.39, 0.29) is 11.9 Å². The smallest absolute Gasteiger partial charge is 0.243 e. The van der Waals surface area contributed by atoms with Gasteiger partial charge in [-0.15, -0.1) is 0 Å². The third-order valence-electron chi connectivity index (χ3n) is 5.27. The summed E-state index contributed by atoms with van der Waals surface area (Å²) in [5, 5.41) is 3.01. The van der Waals surface area contributed by atoms with Gasteiger partial charge in [0, 0.05) is 24.0 Å². The molecule has 5 nitrogen and oxygen atoms in total. The number of carbonyl (C=O) groups excluding carboxylic acids is 1. The molecule has 1 fully saturated rings. The Bertz CT molecular complexity index is 939. The molecule has 2 aromatic carbocycles. The minimum absolute atomic E-state index is 0.0294. The highest BCUT2D eigenvalue weighted by Gasteiger charge is 2.25. The summed E-state index contributed by atoms with van der Waals surface area (Å²) in [6.45, 7) is 3.15. The average Bonchev–Trinajstić information content (AvgIpc) is 2.73. The van der Waals surface area contributed by atoms with Gasteiger partial charge in [0.2, 0.25) is 15.9 Å². The first-order chi connectivity index (χ1) is 13.9. The lowest BCUT2D eigenvalue weighted by molar-refractivity contribution is -0.121. The summed E-state index contributed by atoms with van der Waals surface area (Å²) in [4.78, 5) is 12.6. The van der Waals surface area contributed by atoms with E-state index in [4.69, 9.17) is 0 Å². The number of nitrogens with one attached hydrogen (secondary N) is 1. The van der Waals surface area contributed by atoms with E-state index in [1.165, 1.54) is 0 Å². The molecule has 1 unspecified atom stereocenters. The Hall–Kier alpha value is -1.70. The van der Waals surface area contributed by atoms with Crippen molar-refractivity contribution in [3.05, 3.63) is 64.1 Å².